The summed E-state index contributed by atoms with van der Waals surface area (Å²) in [6.45, 7) is 6.60. The Morgan fingerprint density at radius 1 is 1.24 bits per heavy atom. The van der Waals surface area contributed by atoms with Crippen molar-refractivity contribution in [1.82, 2.24) is 20.2 Å². The first-order valence-corrected chi connectivity index (χ1v) is 8.56. The lowest BCUT2D eigenvalue weighted by Crippen LogP contribution is -2.38. The maximum absolute atomic E-state index is 12.3. The molecule has 0 aliphatic rings. The van der Waals surface area contributed by atoms with Gasteiger partial charge >= 0.3 is 0 Å². The number of amides is 1. The van der Waals surface area contributed by atoms with Gasteiger partial charge in [-0.3, -0.25) is 9.69 Å². The number of nitrogens with one attached hydrogen (secondary N) is 1. The number of benzene rings is 1. The Bertz CT molecular complexity index is 659. The van der Waals surface area contributed by atoms with E-state index in [9.17, 15) is 4.79 Å². The van der Waals surface area contributed by atoms with Gasteiger partial charge in [0, 0.05) is 18.9 Å². The van der Waals surface area contributed by atoms with Gasteiger partial charge in [-0.2, -0.15) is 0 Å². The zero-order valence-electron chi connectivity index (χ0n) is 15.1. The van der Waals surface area contributed by atoms with Crippen LogP contribution in [0, 0.1) is 0 Å². The fourth-order valence-corrected chi connectivity index (χ4v) is 2.85. The summed E-state index contributed by atoms with van der Waals surface area (Å²) in [5, 5.41) is 3.04. The molecule has 0 saturated carbocycles. The van der Waals surface area contributed by atoms with Crippen molar-refractivity contribution in [3.63, 3.8) is 0 Å². The van der Waals surface area contributed by atoms with Gasteiger partial charge in [-0.1, -0.05) is 26.0 Å². The summed E-state index contributed by atoms with van der Waals surface area (Å²) in [7, 11) is 1.66. The summed E-state index contributed by atoms with van der Waals surface area (Å²) < 4.78 is 5.34. The summed E-state index contributed by atoms with van der Waals surface area (Å²) in [6, 6.07) is 8.11. The highest BCUT2D eigenvalue weighted by Gasteiger charge is 2.19. The van der Waals surface area contributed by atoms with Crippen LogP contribution >= 0.6 is 0 Å². The molecule has 0 fully saturated rings. The molecule has 1 atom stereocenters. The number of likely N-dealkylation sites (N-methyl/N-ethyl adjacent to an activating group) is 1. The number of ether oxygens (including phenoxy) is 1. The second-order valence-electron chi connectivity index (χ2n) is 5.74. The van der Waals surface area contributed by atoms with E-state index in [0.29, 0.717) is 6.54 Å². The average molecular weight is 342 g/mol. The molecule has 2 rings (SSSR count). The van der Waals surface area contributed by atoms with Crippen molar-refractivity contribution in [3.8, 4) is 5.75 Å². The van der Waals surface area contributed by atoms with Gasteiger partial charge in [0.05, 0.1) is 19.6 Å². The number of hydrogen-bond donors (Lipinski definition) is 1. The Kier molecular flexibility index (Phi) is 7.35. The topological polar surface area (TPSA) is 67.4 Å². The molecule has 2 aromatic rings. The molecule has 6 heteroatoms. The van der Waals surface area contributed by atoms with Crippen LogP contribution in [0.1, 0.15) is 31.0 Å². The van der Waals surface area contributed by atoms with Crippen molar-refractivity contribution in [2.45, 2.75) is 26.3 Å². The van der Waals surface area contributed by atoms with Crippen LogP contribution in [0.2, 0.25) is 0 Å². The summed E-state index contributed by atoms with van der Waals surface area (Å²) in [5.74, 6) is 0.789. The van der Waals surface area contributed by atoms with Crippen molar-refractivity contribution in [2.24, 2.45) is 0 Å². The van der Waals surface area contributed by atoms with E-state index in [-0.39, 0.29) is 18.4 Å². The summed E-state index contributed by atoms with van der Waals surface area (Å²) in [4.78, 5) is 22.5. The monoisotopic (exact) mass is 342 g/mol. The Morgan fingerprint density at radius 2 is 1.96 bits per heavy atom. The maximum atomic E-state index is 12.3. The number of aromatic nitrogens is 2. The highest BCUT2D eigenvalue weighted by molar-refractivity contribution is 5.78. The fraction of sp³-hybridized carbons (Fsp3) is 0.421. The number of rotatable bonds is 9. The quantitative estimate of drug-likeness (QED) is 0.757. The molecular formula is C19H26N4O2. The molecule has 0 spiro atoms. The summed E-state index contributed by atoms with van der Waals surface area (Å²) in [6.07, 6.45) is 5.07. The van der Waals surface area contributed by atoms with Gasteiger partial charge in [0.2, 0.25) is 5.91 Å². The minimum Gasteiger partial charge on any atom is -0.497 e. The zero-order chi connectivity index (χ0) is 18.1. The second-order valence-corrected chi connectivity index (χ2v) is 5.74. The number of methoxy groups -OCH3 is 1. The first kappa shape index (κ1) is 18.9. The van der Waals surface area contributed by atoms with Crippen molar-refractivity contribution in [1.29, 1.82) is 0 Å². The molecule has 25 heavy (non-hydrogen) atoms. The van der Waals surface area contributed by atoms with Crippen LogP contribution in [0.25, 0.3) is 0 Å². The van der Waals surface area contributed by atoms with Gasteiger partial charge in [0.1, 0.15) is 12.1 Å². The van der Waals surface area contributed by atoms with E-state index in [1.54, 1.807) is 19.5 Å². The average Bonchev–Trinajstić information content (AvgIpc) is 2.66. The Morgan fingerprint density at radius 3 is 2.60 bits per heavy atom. The molecular weight excluding hydrogens is 316 g/mol. The molecule has 0 aliphatic carbocycles. The molecule has 6 nitrogen and oxygen atoms in total. The molecule has 0 bridgehead atoms. The molecule has 1 heterocycles. The van der Waals surface area contributed by atoms with Gasteiger partial charge in [0.15, 0.2) is 0 Å². The normalized spacial score (nSPS) is 12.0. The SMILES string of the molecule is CCN(CC)C(CNC(=O)Cc1cncnc1)c1cccc(OC)c1. The van der Waals surface area contributed by atoms with Crippen LogP contribution in [0.3, 0.4) is 0 Å². The van der Waals surface area contributed by atoms with Crippen molar-refractivity contribution in [2.75, 3.05) is 26.7 Å². The van der Waals surface area contributed by atoms with E-state index in [1.165, 1.54) is 6.33 Å². The molecule has 0 saturated heterocycles. The van der Waals surface area contributed by atoms with E-state index in [2.05, 4.69) is 40.1 Å². The number of carbonyl (C=O) groups is 1. The van der Waals surface area contributed by atoms with E-state index in [1.807, 2.05) is 18.2 Å². The van der Waals surface area contributed by atoms with Crippen LogP contribution in [-0.2, 0) is 11.2 Å². The lowest BCUT2D eigenvalue weighted by molar-refractivity contribution is -0.120. The smallest absolute Gasteiger partial charge is 0.224 e. The fourth-order valence-electron chi connectivity index (χ4n) is 2.85. The lowest BCUT2D eigenvalue weighted by atomic mass is 10.0. The molecule has 1 aromatic heterocycles. The van der Waals surface area contributed by atoms with Gasteiger partial charge in [-0.05, 0) is 36.3 Å². The Balaban J connectivity index is 2.06. The minimum absolute atomic E-state index is 0.0325. The summed E-state index contributed by atoms with van der Waals surface area (Å²) in [5.41, 5.74) is 1.94. The first-order valence-electron chi connectivity index (χ1n) is 8.56. The molecule has 1 aromatic carbocycles. The van der Waals surface area contributed by atoms with Crippen LogP contribution in [0.4, 0.5) is 0 Å². The van der Waals surface area contributed by atoms with Crippen molar-refractivity contribution >= 4 is 5.91 Å². The lowest BCUT2D eigenvalue weighted by Gasteiger charge is -2.30. The maximum Gasteiger partial charge on any atom is 0.224 e. The van der Waals surface area contributed by atoms with Crippen molar-refractivity contribution < 1.29 is 9.53 Å². The van der Waals surface area contributed by atoms with E-state index >= 15 is 0 Å². The van der Waals surface area contributed by atoms with Gasteiger partial charge in [-0.25, -0.2) is 9.97 Å². The number of nitrogens with zero attached hydrogens (tertiary/aromatic N) is 3. The molecule has 0 radical (unpaired) electrons. The Labute approximate surface area is 149 Å². The van der Waals surface area contributed by atoms with Crippen LogP contribution in [0.5, 0.6) is 5.75 Å². The second kappa shape index (κ2) is 9.74. The van der Waals surface area contributed by atoms with Gasteiger partial charge in [0.25, 0.3) is 0 Å². The van der Waals surface area contributed by atoms with E-state index < -0.39 is 0 Å². The highest BCUT2D eigenvalue weighted by atomic mass is 16.5. The van der Waals surface area contributed by atoms with Crippen molar-refractivity contribution in [3.05, 3.63) is 54.1 Å². The standard InChI is InChI=1S/C19H26N4O2/c1-4-23(5-2)18(16-7-6-8-17(10-16)25-3)13-22-19(24)9-15-11-20-14-21-12-15/h6-8,10-12,14,18H,4-5,9,13H2,1-3H3,(H,22,24). The molecule has 1 amide bonds. The molecule has 134 valence electrons. The third-order valence-corrected chi connectivity index (χ3v) is 4.20. The molecule has 1 unspecified atom stereocenters. The molecule has 1 N–H and O–H groups in total. The van der Waals surface area contributed by atoms with Crippen LogP contribution < -0.4 is 10.1 Å². The van der Waals surface area contributed by atoms with Crippen LogP contribution in [0.15, 0.2) is 43.0 Å². The number of carbonyl (C=O) groups excluding carboxylic acids is 1. The van der Waals surface area contributed by atoms with Gasteiger partial charge in [-0.15, -0.1) is 0 Å². The predicted octanol–water partition coefficient (Wildman–Crippen LogP) is 2.23. The largest absolute Gasteiger partial charge is 0.497 e. The number of hydrogen-bond acceptors (Lipinski definition) is 5. The molecule has 0 aliphatic heterocycles. The third kappa shape index (κ3) is 5.53. The minimum atomic E-state index is -0.0325. The highest BCUT2D eigenvalue weighted by Crippen LogP contribution is 2.23. The summed E-state index contributed by atoms with van der Waals surface area (Å²) >= 11 is 0. The zero-order valence-corrected chi connectivity index (χ0v) is 15.1. The van der Waals surface area contributed by atoms with Gasteiger partial charge < -0.3 is 10.1 Å². The first-order chi connectivity index (χ1) is 12.2. The van der Waals surface area contributed by atoms with Crippen LogP contribution in [-0.4, -0.2) is 47.5 Å². The van der Waals surface area contributed by atoms with E-state index in [4.69, 9.17) is 4.74 Å². The Hall–Kier alpha value is -2.47. The van der Waals surface area contributed by atoms with E-state index in [0.717, 1.165) is 30.0 Å². The third-order valence-electron chi connectivity index (χ3n) is 4.20. The predicted molar refractivity (Wildman–Crippen MR) is 97.4 cm³/mol.